The minimum Gasteiger partial charge on any atom is -0.543 e. The number of aliphatic hydroxyl groups excluding tert-OH is 1. The number of benzene rings is 2. The van der Waals surface area contributed by atoms with E-state index in [0.717, 1.165) is 25.8 Å². The van der Waals surface area contributed by atoms with Gasteiger partial charge in [0.2, 0.25) is 8.32 Å². The maximum atomic E-state index is 10.7. The van der Waals surface area contributed by atoms with Crippen molar-refractivity contribution in [3.63, 3.8) is 0 Å². The normalized spacial score (nSPS) is 13.7. The van der Waals surface area contributed by atoms with Crippen molar-refractivity contribution in [1.29, 1.82) is 0 Å². The highest BCUT2D eigenvalue weighted by atomic mass is 79.9. The van der Waals surface area contributed by atoms with E-state index < -0.39 is 14.4 Å². The van der Waals surface area contributed by atoms with Crippen molar-refractivity contribution in [1.82, 2.24) is 0 Å². The van der Waals surface area contributed by atoms with Crippen LogP contribution in [0.1, 0.15) is 38.0 Å². The van der Waals surface area contributed by atoms with E-state index in [1.165, 1.54) is 0 Å². The minimum absolute atomic E-state index is 0.136. The van der Waals surface area contributed by atoms with Crippen LogP contribution in [0.15, 0.2) is 51.4 Å². The molecule has 24 heavy (non-hydrogen) atoms. The largest absolute Gasteiger partial charge is 0.543 e. The fourth-order valence-corrected chi connectivity index (χ4v) is 4.47. The Bertz CT molecular complexity index is 703. The molecule has 0 aliphatic carbocycles. The Hall–Kier alpha value is -0.623. The average molecular weight is 472 g/mol. The van der Waals surface area contributed by atoms with Crippen LogP contribution in [0.2, 0.25) is 18.1 Å². The molecule has 2 aromatic carbocycles. The molecule has 0 heterocycles. The summed E-state index contributed by atoms with van der Waals surface area (Å²) in [6, 6.07) is 13.6. The molecular weight excluding hydrogens is 448 g/mol. The molecule has 2 rings (SSSR count). The first-order valence-electron chi connectivity index (χ1n) is 7.93. The van der Waals surface area contributed by atoms with Crippen LogP contribution < -0.4 is 4.43 Å². The van der Waals surface area contributed by atoms with E-state index >= 15 is 0 Å². The number of halogens is 2. The fourth-order valence-electron chi connectivity index (χ4n) is 2.12. The Balaban J connectivity index is 2.30. The summed E-state index contributed by atoms with van der Waals surface area (Å²) in [5.41, 5.74) is 1.66. The highest BCUT2D eigenvalue weighted by Gasteiger charge is 2.39. The Morgan fingerprint density at radius 3 is 2.08 bits per heavy atom. The van der Waals surface area contributed by atoms with E-state index in [0.29, 0.717) is 0 Å². The second kappa shape index (κ2) is 7.32. The zero-order chi connectivity index (χ0) is 18.1. The standard InChI is InChI=1S/C19H24Br2O2Si/c1-19(2,3)24(4,5)23-17-8-6-7-13(11-17)18(22)14-9-15(20)12-16(21)10-14/h6-12,18,22H,1-5H3. The third-order valence-corrected chi connectivity index (χ3v) is 9.83. The zero-order valence-corrected chi connectivity index (χ0v) is 18.9. The van der Waals surface area contributed by atoms with Gasteiger partial charge < -0.3 is 9.53 Å². The van der Waals surface area contributed by atoms with Gasteiger partial charge in [0, 0.05) is 8.95 Å². The molecule has 0 fully saturated rings. The van der Waals surface area contributed by atoms with Crippen molar-refractivity contribution < 1.29 is 9.53 Å². The first kappa shape index (κ1) is 19.7. The van der Waals surface area contributed by atoms with Crippen LogP contribution in [0, 0.1) is 0 Å². The molecule has 1 atom stereocenters. The average Bonchev–Trinajstić information content (AvgIpc) is 2.44. The molecule has 1 N–H and O–H groups in total. The topological polar surface area (TPSA) is 29.5 Å². The summed E-state index contributed by atoms with van der Waals surface area (Å²) in [5, 5.41) is 10.9. The summed E-state index contributed by atoms with van der Waals surface area (Å²) in [7, 11) is -1.90. The highest BCUT2D eigenvalue weighted by Crippen LogP contribution is 2.38. The molecule has 130 valence electrons. The number of hydrogen-bond donors (Lipinski definition) is 1. The van der Waals surface area contributed by atoms with Crippen molar-refractivity contribution in [2.24, 2.45) is 0 Å². The molecule has 2 nitrogen and oxygen atoms in total. The van der Waals surface area contributed by atoms with Crippen LogP contribution in [-0.4, -0.2) is 13.4 Å². The van der Waals surface area contributed by atoms with Gasteiger partial charge in [0.05, 0.1) is 0 Å². The summed E-state index contributed by atoms with van der Waals surface area (Å²) < 4.78 is 8.21. The van der Waals surface area contributed by atoms with Gasteiger partial charge in [0.15, 0.2) is 0 Å². The SMILES string of the molecule is CC(C)(C)[Si](C)(C)Oc1cccc(C(O)c2cc(Br)cc(Br)c2)c1. The molecule has 0 bridgehead atoms. The van der Waals surface area contributed by atoms with Crippen LogP contribution in [-0.2, 0) is 0 Å². The lowest BCUT2D eigenvalue weighted by atomic mass is 10.0. The van der Waals surface area contributed by atoms with E-state index in [2.05, 4.69) is 65.7 Å². The first-order chi connectivity index (χ1) is 11.0. The Morgan fingerprint density at radius 1 is 0.958 bits per heavy atom. The second-order valence-electron chi connectivity index (χ2n) is 7.54. The molecule has 0 saturated heterocycles. The first-order valence-corrected chi connectivity index (χ1v) is 12.4. The van der Waals surface area contributed by atoms with E-state index in [1.54, 1.807) is 0 Å². The summed E-state index contributed by atoms with van der Waals surface area (Å²) >= 11 is 6.94. The Morgan fingerprint density at radius 2 is 1.54 bits per heavy atom. The van der Waals surface area contributed by atoms with E-state index in [1.807, 2.05) is 42.5 Å². The van der Waals surface area contributed by atoms with Crippen molar-refractivity contribution in [2.75, 3.05) is 0 Å². The minimum atomic E-state index is -1.90. The van der Waals surface area contributed by atoms with Crippen LogP contribution in [0.5, 0.6) is 5.75 Å². The molecule has 0 amide bonds. The maximum absolute atomic E-state index is 10.7. The van der Waals surface area contributed by atoms with Gasteiger partial charge in [-0.2, -0.15) is 0 Å². The number of hydrogen-bond acceptors (Lipinski definition) is 2. The van der Waals surface area contributed by atoms with Gasteiger partial charge in [0.1, 0.15) is 11.9 Å². The number of rotatable bonds is 4. The molecule has 1 unspecified atom stereocenters. The molecule has 0 aromatic heterocycles. The van der Waals surface area contributed by atoms with Crippen LogP contribution >= 0.6 is 31.9 Å². The van der Waals surface area contributed by atoms with E-state index in [-0.39, 0.29) is 5.04 Å². The lowest BCUT2D eigenvalue weighted by molar-refractivity contribution is 0.220. The van der Waals surface area contributed by atoms with Crippen molar-refractivity contribution in [3.8, 4) is 5.75 Å². The molecule has 2 aromatic rings. The van der Waals surface area contributed by atoms with Gasteiger partial charge >= 0.3 is 0 Å². The van der Waals surface area contributed by atoms with Gasteiger partial charge in [-0.1, -0.05) is 64.8 Å². The Labute approximate surface area is 162 Å². The van der Waals surface area contributed by atoms with Crippen molar-refractivity contribution >= 4 is 40.2 Å². The van der Waals surface area contributed by atoms with Gasteiger partial charge in [-0.25, -0.2) is 0 Å². The lowest BCUT2D eigenvalue weighted by Crippen LogP contribution is -2.43. The van der Waals surface area contributed by atoms with Crippen LogP contribution in [0.25, 0.3) is 0 Å². The molecule has 0 radical (unpaired) electrons. The second-order valence-corrected chi connectivity index (χ2v) is 14.1. The zero-order valence-electron chi connectivity index (χ0n) is 14.7. The summed E-state index contributed by atoms with van der Waals surface area (Å²) in [4.78, 5) is 0. The summed E-state index contributed by atoms with van der Waals surface area (Å²) in [6.07, 6.45) is -0.693. The van der Waals surface area contributed by atoms with E-state index in [4.69, 9.17) is 4.43 Å². The van der Waals surface area contributed by atoms with Gasteiger partial charge in [-0.3, -0.25) is 0 Å². The van der Waals surface area contributed by atoms with E-state index in [9.17, 15) is 5.11 Å². The smallest absolute Gasteiger partial charge is 0.250 e. The van der Waals surface area contributed by atoms with Gasteiger partial charge in [-0.05, 0) is 59.6 Å². The molecule has 0 saturated carbocycles. The molecule has 0 aliphatic rings. The highest BCUT2D eigenvalue weighted by molar-refractivity contribution is 9.11. The molecule has 5 heteroatoms. The predicted molar refractivity (Wildman–Crippen MR) is 110 cm³/mol. The lowest BCUT2D eigenvalue weighted by Gasteiger charge is -2.36. The van der Waals surface area contributed by atoms with Gasteiger partial charge in [0.25, 0.3) is 0 Å². The van der Waals surface area contributed by atoms with Crippen LogP contribution in [0.3, 0.4) is 0 Å². The van der Waals surface area contributed by atoms with Crippen LogP contribution in [0.4, 0.5) is 0 Å². The molecule has 0 spiro atoms. The molecular formula is C19H24Br2O2Si. The monoisotopic (exact) mass is 470 g/mol. The number of aliphatic hydroxyl groups is 1. The Kier molecular flexibility index (Phi) is 6.01. The maximum Gasteiger partial charge on any atom is 0.250 e. The summed E-state index contributed by atoms with van der Waals surface area (Å²) in [6.45, 7) is 11.1. The molecule has 0 aliphatic heterocycles. The third kappa shape index (κ3) is 4.72. The van der Waals surface area contributed by atoms with Crippen molar-refractivity contribution in [2.45, 2.75) is 45.0 Å². The predicted octanol–water partition coefficient (Wildman–Crippen LogP) is 6.68. The third-order valence-electron chi connectivity index (χ3n) is 4.55. The van der Waals surface area contributed by atoms with Crippen molar-refractivity contribution in [3.05, 3.63) is 62.5 Å². The fraction of sp³-hybridized carbons (Fsp3) is 0.368. The summed E-state index contributed by atoms with van der Waals surface area (Å²) in [5.74, 6) is 0.826. The van der Waals surface area contributed by atoms with Gasteiger partial charge in [-0.15, -0.1) is 0 Å². The quantitative estimate of drug-likeness (QED) is 0.504.